The van der Waals surface area contributed by atoms with Gasteiger partial charge in [-0.1, -0.05) is 24.3 Å². The summed E-state index contributed by atoms with van der Waals surface area (Å²) in [6, 6.07) is 8.38. The zero-order valence-corrected chi connectivity index (χ0v) is 15.2. The van der Waals surface area contributed by atoms with Crippen LogP contribution in [-0.2, 0) is 9.53 Å². The van der Waals surface area contributed by atoms with Crippen molar-refractivity contribution in [3.63, 3.8) is 0 Å². The van der Waals surface area contributed by atoms with Crippen LogP contribution >= 0.6 is 11.3 Å². The van der Waals surface area contributed by atoms with E-state index in [9.17, 15) is 19.1 Å². The second-order valence-electron chi connectivity index (χ2n) is 6.59. The molecule has 140 valence electrons. The second-order valence-corrected chi connectivity index (χ2v) is 7.53. The molecule has 2 aliphatic rings. The molecule has 0 saturated carbocycles. The molecule has 1 aromatic carbocycles. The predicted octanol–water partition coefficient (Wildman–Crippen LogP) is 3.64. The molecule has 7 heteroatoms. The largest absolute Gasteiger partial charge is 0.503 e. The Morgan fingerprint density at radius 1 is 1.30 bits per heavy atom. The van der Waals surface area contributed by atoms with Crippen molar-refractivity contribution >= 4 is 23.0 Å². The Kier molecular flexibility index (Phi) is 4.80. The van der Waals surface area contributed by atoms with Gasteiger partial charge in [0.25, 0.3) is 5.91 Å². The van der Waals surface area contributed by atoms with Gasteiger partial charge in [-0.25, -0.2) is 4.39 Å². The van der Waals surface area contributed by atoms with E-state index >= 15 is 0 Å². The van der Waals surface area contributed by atoms with E-state index in [0.717, 1.165) is 12.8 Å². The lowest BCUT2D eigenvalue weighted by atomic mass is 9.95. The number of nitrogens with zero attached hydrogens (tertiary/aromatic N) is 1. The highest BCUT2D eigenvalue weighted by molar-refractivity contribution is 7.12. The third-order valence-electron chi connectivity index (χ3n) is 4.92. The van der Waals surface area contributed by atoms with Crippen molar-refractivity contribution in [1.29, 1.82) is 0 Å². The molecule has 5 nitrogen and oxygen atoms in total. The molecule has 1 fully saturated rings. The van der Waals surface area contributed by atoms with E-state index in [1.807, 2.05) is 0 Å². The van der Waals surface area contributed by atoms with Gasteiger partial charge < -0.3 is 14.7 Å². The number of halogens is 1. The minimum absolute atomic E-state index is 0.0782. The Morgan fingerprint density at radius 2 is 2.11 bits per heavy atom. The highest BCUT2D eigenvalue weighted by Gasteiger charge is 2.45. The van der Waals surface area contributed by atoms with Crippen LogP contribution in [0.3, 0.4) is 0 Å². The number of benzene rings is 1. The molecule has 0 spiro atoms. The second kappa shape index (κ2) is 7.25. The molecule has 1 aromatic heterocycles. The lowest BCUT2D eigenvalue weighted by Crippen LogP contribution is -2.37. The lowest BCUT2D eigenvalue weighted by Gasteiger charge is -2.29. The molecule has 2 aliphatic heterocycles. The van der Waals surface area contributed by atoms with Crippen LogP contribution in [0.4, 0.5) is 4.39 Å². The van der Waals surface area contributed by atoms with Crippen LogP contribution in [-0.4, -0.2) is 41.0 Å². The average Bonchev–Trinajstić information content (AvgIpc) is 3.40. The lowest BCUT2D eigenvalue weighted by molar-refractivity contribution is -0.131. The van der Waals surface area contributed by atoms with E-state index in [0.29, 0.717) is 11.5 Å². The van der Waals surface area contributed by atoms with Gasteiger partial charge >= 0.3 is 0 Å². The van der Waals surface area contributed by atoms with Crippen LogP contribution < -0.4 is 0 Å². The van der Waals surface area contributed by atoms with E-state index in [-0.39, 0.29) is 23.8 Å². The number of hydrogen-bond donors (Lipinski definition) is 1. The predicted molar refractivity (Wildman–Crippen MR) is 98.1 cm³/mol. The summed E-state index contributed by atoms with van der Waals surface area (Å²) in [5.41, 5.74) is 0.110. The number of ether oxygens (including phenoxy) is 1. The number of rotatable bonds is 5. The standard InChI is InChI=1S/C20H18FNO4S/c21-14-7-2-1-6-13(14)17-16(18(23)15-8-4-10-27-15)19(24)20(25)22(17)11-12-5-3-9-26-12/h1-2,4,6-8,10,12,17,24H,3,5,9,11H2/t12-,17+/m1/s1. The van der Waals surface area contributed by atoms with Crippen LogP contribution in [0, 0.1) is 5.82 Å². The molecule has 0 unspecified atom stereocenters. The molecule has 0 aliphatic carbocycles. The van der Waals surface area contributed by atoms with Crippen LogP contribution in [0.2, 0.25) is 0 Å². The molecule has 2 aromatic rings. The highest BCUT2D eigenvalue weighted by Crippen LogP contribution is 2.40. The molecule has 3 heterocycles. The first-order valence-corrected chi connectivity index (χ1v) is 9.64. The first kappa shape index (κ1) is 17.9. The molecule has 1 saturated heterocycles. The summed E-state index contributed by atoms with van der Waals surface area (Å²) in [5.74, 6) is -2.27. The van der Waals surface area contributed by atoms with E-state index in [1.54, 1.807) is 29.6 Å². The zero-order chi connectivity index (χ0) is 19.0. The van der Waals surface area contributed by atoms with Crippen LogP contribution in [0.15, 0.2) is 53.1 Å². The van der Waals surface area contributed by atoms with Gasteiger partial charge in [-0.05, 0) is 30.4 Å². The van der Waals surface area contributed by atoms with Crippen LogP contribution in [0.1, 0.15) is 34.1 Å². The summed E-state index contributed by atoms with van der Waals surface area (Å²) in [5, 5.41) is 12.2. The summed E-state index contributed by atoms with van der Waals surface area (Å²) in [6.45, 7) is 0.806. The molecule has 0 bridgehead atoms. The van der Waals surface area contributed by atoms with Crippen molar-refractivity contribution in [2.75, 3.05) is 13.2 Å². The molecular weight excluding hydrogens is 369 g/mol. The Morgan fingerprint density at radius 3 is 2.78 bits per heavy atom. The fourth-order valence-electron chi connectivity index (χ4n) is 3.64. The van der Waals surface area contributed by atoms with Gasteiger partial charge in [0, 0.05) is 18.7 Å². The van der Waals surface area contributed by atoms with Crippen molar-refractivity contribution in [3.05, 3.63) is 69.4 Å². The number of ketones is 1. The number of hydrogen-bond acceptors (Lipinski definition) is 5. The fourth-order valence-corrected chi connectivity index (χ4v) is 4.32. The van der Waals surface area contributed by atoms with Crippen LogP contribution in [0.5, 0.6) is 0 Å². The quantitative estimate of drug-likeness (QED) is 0.796. The van der Waals surface area contributed by atoms with E-state index in [1.165, 1.54) is 28.4 Å². The van der Waals surface area contributed by atoms with E-state index < -0.39 is 29.3 Å². The van der Waals surface area contributed by atoms with Gasteiger partial charge in [-0.3, -0.25) is 9.59 Å². The molecule has 27 heavy (non-hydrogen) atoms. The van der Waals surface area contributed by atoms with Gasteiger partial charge in [-0.15, -0.1) is 11.3 Å². The van der Waals surface area contributed by atoms with Gasteiger partial charge in [0.15, 0.2) is 5.76 Å². The number of aliphatic hydroxyl groups is 1. The molecule has 1 N–H and O–H groups in total. The van der Waals surface area contributed by atoms with Gasteiger partial charge in [0.05, 0.1) is 22.6 Å². The monoisotopic (exact) mass is 387 g/mol. The van der Waals surface area contributed by atoms with Crippen molar-refractivity contribution < 1.29 is 23.8 Å². The fraction of sp³-hybridized carbons (Fsp3) is 0.300. The number of thiophene rings is 1. The third kappa shape index (κ3) is 3.17. The topological polar surface area (TPSA) is 66.8 Å². The molecule has 2 atom stereocenters. The normalized spacial score (nSPS) is 22.7. The summed E-state index contributed by atoms with van der Waals surface area (Å²) in [6.07, 6.45) is 1.48. The number of aliphatic hydroxyl groups excluding tert-OH is 1. The van der Waals surface area contributed by atoms with Gasteiger partial charge in [-0.2, -0.15) is 0 Å². The average molecular weight is 387 g/mol. The molecule has 4 rings (SSSR count). The van der Waals surface area contributed by atoms with E-state index in [4.69, 9.17) is 4.74 Å². The Hall–Kier alpha value is -2.51. The van der Waals surface area contributed by atoms with Gasteiger partial charge in [0.1, 0.15) is 5.82 Å². The van der Waals surface area contributed by atoms with Crippen molar-refractivity contribution in [1.82, 2.24) is 4.90 Å². The van der Waals surface area contributed by atoms with Crippen molar-refractivity contribution in [2.45, 2.75) is 25.0 Å². The first-order valence-electron chi connectivity index (χ1n) is 8.76. The summed E-state index contributed by atoms with van der Waals surface area (Å²) in [4.78, 5) is 27.5. The molecule has 0 radical (unpaired) electrons. The number of carbonyl (C=O) groups is 2. The van der Waals surface area contributed by atoms with E-state index in [2.05, 4.69) is 0 Å². The maximum Gasteiger partial charge on any atom is 0.290 e. The SMILES string of the molecule is O=C(C1=C(O)C(=O)N(C[C@H]2CCCO2)[C@H]1c1ccccc1F)c1cccs1. The summed E-state index contributed by atoms with van der Waals surface area (Å²) in [7, 11) is 0. The Balaban J connectivity index is 1.78. The third-order valence-corrected chi connectivity index (χ3v) is 5.79. The number of amides is 1. The molecular formula is C20H18FNO4S. The number of Topliss-reactive ketones (excluding diaryl/α,β-unsaturated/α-hetero) is 1. The minimum Gasteiger partial charge on any atom is -0.503 e. The zero-order valence-electron chi connectivity index (χ0n) is 14.4. The first-order chi connectivity index (χ1) is 13.1. The summed E-state index contributed by atoms with van der Waals surface area (Å²) >= 11 is 1.21. The van der Waals surface area contributed by atoms with Crippen molar-refractivity contribution in [3.8, 4) is 0 Å². The van der Waals surface area contributed by atoms with Gasteiger partial charge in [0.2, 0.25) is 5.78 Å². The maximum absolute atomic E-state index is 14.6. The minimum atomic E-state index is -0.975. The maximum atomic E-state index is 14.6. The van der Waals surface area contributed by atoms with Crippen molar-refractivity contribution in [2.24, 2.45) is 0 Å². The summed E-state index contributed by atoms with van der Waals surface area (Å²) < 4.78 is 20.2. The Bertz CT molecular complexity index is 902. The molecule has 1 amide bonds. The highest BCUT2D eigenvalue weighted by atomic mass is 32.1. The number of carbonyl (C=O) groups excluding carboxylic acids is 2. The Labute approximate surface area is 159 Å². The smallest absolute Gasteiger partial charge is 0.290 e. The van der Waals surface area contributed by atoms with Crippen LogP contribution in [0.25, 0.3) is 0 Å².